The first kappa shape index (κ1) is 16.5. The van der Waals surface area contributed by atoms with Crippen LogP contribution < -0.4 is 0 Å². The zero-order chi connectivity index (χ0) is 15.9. The molecule has 4 heteroatoms. The highest BCUT2D eigenvalue weighted by molar-refractivity contribution is 5.88. The van der Waals surface area contributed by atoms with Crippen molar-refractivity contribution >= 4 is 11.8 Å². The van der Waals surface area contributed by atoms with E-state index in [2.05, 4.69) is 0 Å². The van der Waals surface area contributed by atoms with Gasteiger partial charge in [0.25, 0.3) is 0 Å². The summed E-state index contributed by atoms with van der Waals surface area (Å²) in [4.78, 5) is 28.6. The molecule has 4 nitrogen and oxygen atoms in total. The van der Waals surface area contributed by atoms with Gasteiger partial charge >= 0.3 is 0 Å². The summed E-state index contributed by atoms with van der Waals surface area (Å²) in [6.07, 6.45) is 2.94. The molecule has 0 aliphatic carbocycles. The lowest BCUT2D eigenvalue weighted by atomic mass is 10.1. The van der Waals surface area contributed by atoms with E-state index in [-0.39, 0.29) is 17.9 Å². The summed E-state index contributed by atoms with van der Waals surface area (Å²) >= 11 is 0. The summed E-state index contributed by atoms with van der Waals surface area (Å²) in [6.45, 7) is 6.09. The molecule has 1 saturated heterocycles. The Morgan fingerprint density at radius 2 is 1.86 bits per heavy atom. The fourth-order valence-electron chi connectivity index (χ4n) is 3.11. The highest BCUT2D eigenvalue weighted by Gasteiger charge is 2.35. The Kier molecular flexibility index (Phi) is 5.99. The van der Waals surface area contributed by atoms with E-state index in [0.717, 1.165) is 19.3 Å². The molecular weight excluding hydrogens is 276 g/mol. The highest BCUT2D eigenvalue weighted by atomic mass is 16.2. The third-order valence-corrected chi connectivity index (χ3v) is 4.40. The number of carbonyl (C=O) groups excluding carboxylic acids is 2. The maximum absolute atomic E-state index is 12.5. The van der Waals surface area contributed by atoms with E-state index in [1.165, 1.54) is 5.56 Å². The molecule has 1 atom stereocenters. The van der Waals surface area contributed by atoms with Gasteiger partial charge in [-0.25, -0.2) is 0 Å². The van der Waals surface area contributed by atoms with Gasteiger partial charge in [0.1, 0.15) is 6.04 Å². The largest absolute Gasteiger partial charge is 0.341 e. The zero-order valence-electron chi connectivity index (χ0n) is 13.6. The molecule has 2 amide bonds. The van der Waals surface area contributed by atoms with Gasteiger partial charge in [-0.3, -0.25) is 9.59 Å². The van der Waals surface area contributed by atoms with E-state index >= 15 is 0 Å². The van der Waals surface area contributed by atoms with Crippen molar-refractivity contribution in [2.45, 2.75) is 45.6 Å². The molecule has 0 saturated carbocycles. The topological polar surface area (TPSA) is 40.6 Å². The van der Waals surface area contributed by atoms with Gasteiger partial charge in [-0.2, -0.15) is 0 Å². The number of hydrogen-bond donors (Lipinski definition) is 0. The summed E-state index contributed by atoms with van der Waals surface area (Å²) in [7, 11) is 0. The number of nitrogens with zero attached hydrogens (tertiary/aromatic N) is 2. The molecule has 0 radical (unpaired) electrons. The second kappa shape index (κ2) is 7.97. The van der Waals surface area contributed by atoms with Crippen molar-refractivity contribution in [2.24, 2.45) is 0 Å². The molecule has 0 unspecified atom stereocenters. The number of carbonyl (C=O) groups is 2. The third-order valence-electron chi connectivity index (χ3n) is 4.40. The van der Waals surface area contributed by atoms with Crippen molar-refractivity contribution in [3.05, 3.63) is 35.9 Å². The van der Waals surface area contributed by atoms with Crippen molar-refractivity contribution in [1.29, 1.82) is 0 Å². The summed E-state index contributed by atoms with van der Waals surface area (Å²) < 4.78 is 0. The van der Waals surface area contributed by atoms with E-state index in [1.54, 1.807) is 4.90 Å². The average molecular weight is 302 g/mol. The molecule has 1 aliphatic rings. The number of amides is 2. The number of likely N-dealkylation sites (tertiary alicyclic amines) is 1. The number of hydrogen-bond acceptors (Lipinski definition) is 2. The lowest BCUT2D eigenvalue weighted by molar-refractivity contribution is -0.143. The van der Waals surface area contributed by atoms with Crippen LogP contribution in [0.5, 0.6) is 0 Å². The Morgan fingerprint density at radius 1 is 1.18 bits per heavy atom. The van der Waals surface area contributed by atoms with Crippen LogP contribution in [0, 0.1) is 0 Å². The maximum Gasteiger partial charge on any atom is 0.245 e. The lowest BCUT2D eigenvalue weighted by Crippen LogP contribution is -2.47. The highest BCUT2D eigenvalue weighted by Crippen LogP contribution is 2.21. The molecule has 120 valence electrons. The zero-order valence-corrected chi connectivity index (χ0v) is 13.6. The lowest BCUT2D eigenvalue weighted by Gasteiger charge is -2.29. The third kappa shape index (κ3) is 3.87. The molecule has 1 fully saturated rings. The Bertz CT molecular complexity index is 497. The minimum atomic E-state index is -0.247. The van der Waals surface area contributed by atoms with Gasteiger partial charge in [0, 0.05) is 26.1 Å². The molecule has 0 aromatic heterocycles. The molecule has 1 heterocycles. The summed E-state index contributed by atoms with van der Waals surface area (Å²) in [5.41, 5.74) is 1.17. The van der Waals surface area contributed by atoms with Crippen LogP contribution in [0.25, 0.3) is 0 Å². The second-order valence-corrected chi connectivity index (χ2v) is 5.74. The second-order valence-electron chi connectivity index (χ2n) is 5.74. The quantitative estimate of drug-likeness (QED) is 0.810. The Morgan fingerprint density at radius 3 is 2.50 bits per heavy atom. The first-order valence-electron chi connectivity index (χ1n) is 8.29. The summed E-state index contributed by atoms with van der Waals surface area (Å²) in [5, 5.41) is 0. The molecule has 0 N–H and O–H groups in total. The van der Waals surface area contributed by atoms with Gasteiger partial charge in [0.15, 0.2) is 0 Å². The number of benzene rings is 1. The molecule has 22 heavy (non-hydrogen) atoms. The van der Waals surface area contributed by atoms with E-state index in [9.17, 15) is 9.59 Å². The fourth-order valence-corrected chi connectivity index (χ4v) is 3.11. The smallest absolute Gasteiger partial charge is 0.245 e. The van der Waals surface area contributed by atoms with Gasteiger partial charge in [-0.15, -0.1) is 0 Å². The van der Waals surface area contributed by atoms with Crippen LogP contribution in [0.3, 0.4) is 0 Å². The number of rotatable bonds is 6. The van der Waals surface area contributed by atoms with Gasteiger partial charge < -0.3 is 9.80 Å². The standard InChI is InChI=1S/C18H26N2O2/c1-3-19(4-2)18(22)16-11-8-14-20(16)17(21)13-12-15-9-6-5-7-10-15/h5-7,9-10,16H,3-4,8,11-14H2,1-2H3/t16-/m1/s1. The van der Waals surface area contributed by atoms with Gasteiger partial charge in [0.05, 0.1) is 0 Å². The number of likely N-dealkylation sites (N-methyl/N-ethyl adjacent to an activating group) is 1. The first-order chi connectivity index (χ1) is 10.7. The Labute approximate surface area is 133 Å². The molecule has 1 aliphatic heterocycles. The first-order valence-corrected chi connectivity index (χ1v) is 8.29. The predicted molar refractivity (Wildman–Crippen MR) is 87.4 cm³/mol. The summed E-state index contributed by atoms with van der Waals surface area (Å²) in [5.74, 6) is 0.211. The Balaban J connectivity index is 1.94. The van der Waals surface area contributed by atoms with Crippen LogP contribution in [0.4, 0.5) is 0 Å². The van der Waals surface area contributed by atoms with E-state index in [0.29, 0.717) is 26.1 Å². The molecular formula is C18H26N2O2. The van der Waals surface area contributed by atoms with Crippen molar-refractivity contribution in [2.75, 3.05) is 19.6 Å². The van der Waals surface area contributed by atoms with Crippen LogP contribution in [-0.2, 0) is 16.0 Å². The van der Waals surface area contributed by atoms with Gasteiger partial charge in [-0.1, -0.05) is 30.3 Å². The Hall–Kier alpha value is -1.84. The van der Waals surface area contributed by atoms with Crippen LogP contribution in [0.1, 0.15) is 38.7 Å². The molecule has 1 aromatic rings. The normalized spacial score (nSPS) is 17.5. The van der Waals surface area contributed by atoms with Gasteiger partial charge in [-0.05, 0) is 38.7 Å². The van der Waals surface area contributed by atoms with E-state index in [1.807, 2.05) is 49.1 Å². The van der Waals surface area contributed by atoms with E-state index < -0.39 is 0 Å². The van der Waals surface area contributed by atoms with Crippen molar-refractivity contribution in [3.8, 4) is 0 Å². The summed E-state index contributed by atoms with van der Waals surface area (Å²) in [6, 6.07) is 9.78. The maximum atomic E-state index is 12.5. The minimum Gasteiger partial charge on any atom is -0.341 e. The molecule has 0 spiro atoms. The van der Waals surface area contributed by atoms with Crippen molar-refractivity contribution in [3.63, 3.8) is 0 Å². The average Bonchev–Trinajstić information content (AvgIpc) is 3.04. The van der Waals surface area contributed by atoms with Crippen LogP contribution in [0.15, 0.2) is 30.3 Å². The fraction of sp³-hybridized carbons (Fsp3) is 0.556. The van der Waals surface area contributed by atoms with Crippen LogP contribution in [-0.4, -0.2) is 47.3 Å². The molecule has 0 bridgehead atoms. The van der Waals surface area contributed by atoms with Crippen molar-refractivity contribution < 1.29 is 9.59 Å². The van der Waals surface area contributed by atoms with Crippen LogP contribution >= 0.6 is 0 Å². The SMILES string of the molecule is CCN(CC)C(=O)[C@H]1CCCN1C(=O)CCc1ccccc1. The van der Waals surface area contributed by atoms with Gasteiger partial charge in [0.2, 0.25) is 11.8 Å². The number of aryl methyl sites for hydroxylation is 1. The monoisotopic (exact) mass is 302 g/mol. The molecule has 1 aromatic carbocycles. The van der Waals surface area contributed by atoms with Crippen molar-refractivity contribution in [1.82, 2.24) is 9.80 Å². The predicted octanol–water partition coefficient (Wildman–Crippen LogP) is 2.48. The minimum absolute atomic E-state index is 0.104. The van der Waals surface area contributed by atoms with Crippen LogP contribution in [0.2, 0.25) is 0 Å². The van der Waals surface area contributed by atoms with E-state index in [4.69, 9.17) is 0 Å². The molecule has 2 rings (SSSR count).